The summed E-state index contributed by atoms with van der Waals surface area (Å²) in [7, 11) is 0. The van der Waals surface area contributed by atoms with Crippen molar-refractivity contribution < 1.29 is 4.79 Å². The van der Waals surface area contributed by atoms with E-state index in [-0.39, 0.29) is 11.9 Å². The highest BCUT2D eigenvalue weighted by atomic mass is 16.1. The molecule has 1 aliphatic carbocycles. The first-order chi connectivity index (χ1) is 7.27. The molecule has 0 aliphatic heterocycles. The summed E-state index contributed by atoms with van der Waals surface area (Å²) in [6.45, 7) is 0.561. The quantitative estimate of drug-likeness (QED) is 0.754. The second kappa shape index (κ2) is 4.40. The van der Waals surface area contributed by atoms with E-state index < -0.39 is 0 Å². The Bertz CT molecular complexity index is 335. The Hall–Kier alpha value is -1.42. The molecule has 1 atom stereocenters. The van der Waals surface area contributed by atoms with Gasteiger partial charge in [0.25, 0.3) is 5.91 Å². The van der Waals surface area contributed by atoms with Gasteiger partial charge in [-0.05, 0) is 30.9 Å². The lowest BCUT2D eigenvalue weighted by Gasteiger charge is -2.11. The van der Waals surface area contributed by atoms with Crippen LogP contribution in [0.4, 0.5) is 0 Å². The number of nitrogens with two attached hydrogens (primary N) is 1. The summed E-state index contributed by atoms with van der Waals surface area (Å²) in [5, 5.41) is 2.83. The zero-order valence-electron chi connectivity index (χ0n) is 8.52. The molecule has 4 heteroatoms. The van der Waals surface area contributed by atoms with Gasteiger partial charge in [-0.3, -0.25) is 9.78 Å². The Morgan fingerprint density at radius 2 is 2.20 bits per heavy atom. The first-order valence-electron chi connectivity index (χ1n) is 5.21. The molecule has 1 amide bonds. The number of hydrogen-bond donors (Lipinski definition) is 2. The molecule has 1 saturated carbocycles. The molecule has 1 unspecified atom stereocenters. The molecule has 4 nitrogen and oxygen atoms in total. The summed E-state index contributed by atoms with van der Waals surface area (Å²) in [6, 6.07) is 3.49. The van der Waals surface area contributed by atoms with Crippen LogP contribution >= 0.6 is 0 Å². The minimum absolute atomic E-state index is 0.0755. The molecule has 0 aromatic carbocycles. The average molecular weight is 205 g/mol. The van der Waals surface area contributed by atoms with Gasteiger partial charge in [-0.2, -0.15) is 0 Å². The van der Waals surface area contributed by atoms with Crippen LogP contribution in [0.5, 0.6) is 0 Å². The molecule has 80 valence electrons. The van der Waals surface area contributed by atoms with E-state index in [1.165, 1.54) is 12.8 Å². The van der Waals surface area contributed by atoms with Gasteiger partial charge >= 0.3 is 0 Å². The third-order valence-corrected chi connectivity index (χ3v) is 2.67. The van der Waals surface area contributed by atoms with Crippen LogP contribution in [0, 0.1) is 5.92 Å². The van der Waals surface area contributed by atoms with E-state index in [2.05, 4.69) is 10.3 Å². The van der Waals surface area contributed by atoms with Gasteiger partial charge in [0.2, 0.25) is 0 Å². The van der Waals surface area contributed by atoms with Crippen molar-refractivity contribution >= 4 is 5.91 Å². The number of nitrogens with zero attached hydrogens (tertiary/aromatic N) is 1. The third-order valence-electron chi connectivity index (χ3n) is 2.67. The molecule has 0 bridgehead atoms. The fraction of sp³-hybridized carbons (Fsp3) is 0.455. The first kappa shape index (κ1) is 10.1. The molecule has 2 rings (SSSR count). The lowest BCUT2D eigenvalue weighted by Crippen LogP contribution is -2.38. The molecular weight excluding hydrogens is 190 g/mol. The predicted octanol–water partition coefficient (Wildman–Crippen LogP) is 0.549. The van der Waals surface area contributed by atoms with Crippen LogP contribution in [0.15, 0.2) is 24.5 Å². The smallest absolute Gasteiger partial charge is 0.251 e. The number of aromatic nitrogens is 1. The fourth-order valence-corrected chi connectivity index (χ4v) is 1.51. The van der Waals surface area contributed by atoms with Crippen LogP contribution in [0.2, 0.25) is 0 Å². The van der Waals surface area contributed by atoms with Crippen molar-refractivity contribution in [3.05, 3.63) is 30.1 Å². The number of carbonyl (C=O) groups is 1. The van der Waals surface area contributed by atoms with Crippen LogP contribution in [0.1, 0.15) is 23.2 Å². The Kier molecular flexibility index (Phi) is 2.97. The van der Waals surface area contributed by atoms with Crippen LogP contribution in [0.3, 0.4) is 0 Å². The molecule has 0 saturated heterocycles. The molecule has 15 heavy (non-hydrogen) atoms. The van der Waals surface area contributed by atoms with Crippen molar-refractivity contribution in [3.8, 4) is 0 Å². The van der Waals surface area contributed by atoms with Crippen molar-refractivity contribution in [2.75, 3.05) is 6.54 Å². The van der Waals surface area contributed by atoms with Gasteiger partial charge in [-0.25, -0.2) is 0 Å². The molecule has 1 aromatic rings. The summed E-state index contributed by atoms with van der Waals surface area (Å²) < 4.78 is 0. The van der Waals surface area contributed by atoms with Gasteiger partial charge in [0.1, 0.15) is 0 Å². The third kappa shape index (κ3) is 2.76. The van der Waals surface area contributed by atoms with Gasteiger partial charge < -0.3 is 11.1 Å². The minimum Gasteiger partial charge on any atom is -0.350 e. The van der Waals surface area contributed by atoms with Crippen molar-refractivity contribution in [1.29, 1.82) is 0 Å². The predicted molar refractivity (Wildman–Crippen MR) is 57.3 cm³/mol. The maximum absolute atomic E-state index is 11.6. The van der Waals surface area contributed by atoms with Gasteiger partial charge in [0.05, 0.1) is 0 Å². The standard InChI is InChI=1S/C11H15N3O/c12-10(8-1-2-8)7-14-11(15)9-3-5-13-6-4-9/h3-6,8,10H,1-2,7,12H2,(H,14,15). The van der Waals surface area contributed by atoms with Gasteiger partial charge in [0.15, 0.2) is 0 Å². The first-order valence-corrected chi connectivity index (χ1v) is 5.21. The normalized spacial score (nSPS) is 17.1. The minimum atomic E-state index is -0.0755. The lowest BCUT2D eigenvalue weighted by atomic mass is 10.2. The Balaban J connectivity index is 1.82. The summed E-state index contributed by atoms with van der Waals surface area (Å²) in [6.07, 6.45) is 5.62. The van der Waals surface area contributed by atoms with Gasteiger partial charge in [-0.1, -0.05) is 0 Å². The fourth-order valence-electron chi connectivity index (χ4n) is 1.51. The topological polar surface area (TPSA) is 68.0 Å². The van der Waals surface area contributed by atoms with E-state index in [0.717, 1.165) is 0 Å². The monoisotopic (exact) mass is 205 g/mol. The highest BCUT2D eigenvalue weighted by molar-refractivity contribution is 5.93. The van der Waals surface area contributed by atoms with E-state index in [4.69, 9.17) is 5.73 Å². The second-order valence-corrected chi connectivity index (χ2v) is 3.95. The maximum Gasteiger partial charge on any atom is 0.251 e. The maximum atomic E-state index is 11.6. The zero-order valence-corrected chi connectivity index (χ0v) is 8.52. The summed E-state index contributed by atoms with van der Waals surface area (Å²) in [5.41, 5.74) is 6.51. The molecule has 1 fully saturated rings. The van der Waals surface area contributed by atoms with E-state index in [0.29, 0.717) is 18.0 Å². The average Bonchev–Trinajstić information content (AvgIpc) is 3.10. The Morgan fingerprint density at radius 1 is 1.53 bits per heavy atom. The Labute approximate surface area is 88.9 Å². The van der Waals surface area contributed by atoms with E-state index in [1.807, 2.05) is 0 Å². The summed E-state index contributed by atoms with van der Waals surface area (Å²) >= 11 is 0. The van der Waals surface area contributed by atoms with Crippen molar-refractivity contribution in [2.24, 2.45) is 11.7 Å². The van der Waals surface area contributed by atoms with Crippen LogP contribution < -0.4 is 11.1 Å². The lowest BCUT2D eigenvalue weighted by molar-refractivity contribution is 0.0950. The van der Waals surface area contributed by atoms with Gasteiger partial charge in [0, 0.05) is 30.5 Å². The number of carbonyl (C=O) groups excluding carboxylic acids is 1. The molecule has 1 aliphatic rings. The second-order valence-electron chi connectivity index (χ2n) is 3.95. The number of amides is 1. The van der Waals surface area contributed by atoms with E-state index in [1.54, 1.807) is 24.5 Å². The number of hydrogen-bond acceptors (Lipinski definition) is 3. The molecule has 1 aromatic heterocycles. The van der Waals surface area contributed by atoms with Crippen molar-refractivity contribution in [1.82, 2.24) is 10.3 Å². The van der Waals surface area contributed by atoms with Crippen LogP contribution in [-0.4, -0.2) is 23.5 Å². The van der Waals surface area contributed by atoms with Crippen molar-refractivity contribution in [2.45, 2.75) is 18.9 Å². The Morgan fingerprint density at radius 3 is 2.80 bits per heavy atom. The SMILES string of the molecule is NC(CNC(=O)c1ccncc1)C1CC1. The summed E-state index contributed by atoms with van der Waals surface area (Å²) in [5.74, 6) is 0.538. The molecular formula is C11H15N3O. The summed E-state index contributed by atoms with van der Waals surface area (Å²) in [4.78, 5) is 15.5. The molecule has 0 radical (unpaired) electrons. The molecule has 0 spiro atoms. The van der Waals surface area contributed by atoms with Crippen LogP contribution in [-0.2, 0) is 0 Å². The van der Waals surface area contributed by atoms with Gasteiger partial charge in [-0.15, -0.1) is 0 Å². The zero-order chi connectivity index (χ0) is 10.7. The number of pyridine rings is 1. The van der Waals surface area contributed by atoms with Crippen LogP contribution in [0.25, 0.3) is 0 Å². The number of rotatable bonds is 4. The highest BCUT2D eigenvalue weighted by Crippen LogP contribution is 2.31. The van der Waals surface area contributed by atoms with E-state index >= 15 is 0 Å². The van der Waals surface area contributed by atoms with E-state index in [9.17, 15) is 4.79 Å². The molecule has 3 N–H and O–H groups in total. The largest absolute Gasteiger partial charge is 0.350 e. The number of nitrogens with one attached hydrogen (secondary N) is 1. The van der Waals surface area contributed by atoms with Crippen molar-refractivity contribution in [3.63, 3.8) is 0 Å². The molecule has 1 heterocycles. The highest BCUT2D eigenvalue weighted by Gasteiger charge is 2.28.